The lowest BCUT2D eigenvalue weighted by molar-refractivity contribution is 0.0921. The van der Waals surface area contributed by atoms with E-state index in [9.17, 15) is 4.79 Å². The SMILES string of the molecule is CC(=O)n1cc(-c2cc(Oc3cnc(C)nc3N)c(C(C)C)cn2)cn1.COc1cc(Oc2cnc(C)nc2N)c(C2CC2)cn1.COc1cc(Oc2cnc(C)nc2N)c(N(C)C)cn1.Cc1ncc(Oc2cc(-c3cn[nH]c3)ncc2C(C)C)c(N)n1.Cc1ncc(Oc2cc(-c3cnn(C)c3)ncc2C(C)C)c(N)n1. The summed E-state index contributed by atoms with van der Waals surface area (Å²) in [6.07, 6.45) is 29.4. The van der Waals surface area contributed by atoms with Gasteiger partial charge in [-0.1, -0.05) is 41.5 Å². The minimum atomic E-state index is -0.170. The Labute approximate surface area is 652 Å². The van der Waals surface area contributed by atoms with Crippen molar-refractivity contribution in [2.75, 3.05) is 61.9 Å². The number of aryl methyl sites for hydroxylation is 6. The maximum atomic E-state index is 11.4. The van der Waals surface area contributed by atoms with Gasteiger partial charge in [0.1, 0.15) is 52.1 Å². The van der Waals surface area contributed by atoms with Crippen molar-refractivity contribution >= 4 is 40.7 Å². The molecule has 0 spiro atoms. The minimum Gasteiger partial charge on any atom is -0.481 e. The Morgan fingerprint density at radius 1 is 0.434 bits per heavy atom. The van der Waals surface area contributed by atoms with Gasteiger partial charge in [0.05, 0.1) is 92.8 Å². The van der Waals surface area contributed by atoms with Crippen LogP contribution < -0.4 is 66.7 Å². The van der Waals surface area contributed by atoms with Crippen molar-refractivity contribution in [3.8, 4) is 103 Å². The molecule has 1 aliphatic carbocycles. The molecule has 13 aromatic heterocycles. The number of nitrogen functional groups attached to an aromatic ring is 5. The highest BCUT2D eigenvalue weighted by Gasteiger charge is 2.29. The maximum absolute atomic E-state index is 11.4. The summed E-state index contributed by atoms with van der Waals surface area (Å²) in [7, 11) is 8.78. The summed E-state index contributed by atoms with van der Waals surface area (Å²) in [6, 6.07) is 9.03. The zero-order valence-electron chi connectivity index (χ0n) is 65.9. The van der Waals surface area contributed by atoms with E-state index >= 15 is 0 Å². The quantitative estimate of drug-likeness (QED) is 0.0413. The van der Waals surface area contributed by atoms with Gasteiger partial charge in [0.2, 0.25) is 17.7 Å². The lowest BCUT2D eigenvalue weighted by Crippen LogP contribution is -2.11. The molecule has 0 aliphatic heterocycles. The molecule has 113 heavy (non-hydrogen) atoms. The molecule has 13 heterocycles. The molecule has 0 unspecified atom stereocenters. The van der Waals surface area contributed by atoms with E-state index in [0.29, 0.717) is 133 Å². The van der Waals surface area contributed by atoms with Crippen molar-refractivity contribution in [2.45, 2.75) is 120 Å². The topological polar surface area (TPSA) is 473 Å². The summed E-state index contributed by atoms with van der Waals surface area (Å²) in [6.45, 7) is 22.7. The predicted octanol–water partition coefficient (Wildman–Crippen LogP) is 13.4. The second-order valence-electron chi connectivity index (χ2n) is 26.8. The Balaban J connectivity index is 0.000000150. The summed E-state index contributed by atoms with van der Waals surface area (Å²) in [5, 5.41) is 14.9. The Kier molecular flexibility index (Phi) is 26.5. The van der Waals surface area contributed by atoms with Gasteiger partial charge in [0.25, 0.3) is 0 Å². The number of aromatic amines is 1. The number of hydrogen-bond acceptors (Lipinski definition) is 32. The monoisotopic (exact) mass is 1530 g/mol. The first kappa shape index (κ1) is 81.4. The van der Waals surface area contributed by atoms with Crippen LogP contribution in [0, 0.1) is 34.6 Å². The van der Waals surface area contributed by atoms with Crippen molar-refractivity contribution in [3.05, 3.63) is 181 Å². The van der Waals surface area contributed by atoms with Gasteiger partial charge in [-0.15, -0.1) is 0 Å². The number of nitrogens with two attached hydrogens (primary N) is 5. The van der Waals surface area contributed by atoms with Crippen LogP contribution in [-0.4, -0.2) is 139 Å². The van der Waals surface area contributed by atoms with E-state index in [1.165, 1.54) is 11.6 Å². The second kappa shape index (κ2) is 36.8. The van der Waals surface area contributed by atoms with Crippen molar-refractivity contribution in [2.24, 2.45) is 7.05 Å². The first-order valence-electron chi connectivity index (χ1n) is 35.7. The summed E-state index contributed by atoms with van der Waals surface area (Å²) >= 11 is 0. The second-order valence-corrected chi connectivity index (χ2v) is 26.8. The largest absolute Gasteiger partial charge is 0.481 e. The van der Waals surface area contributed by atoms with Crippen LogP contribution in [0.25, 0.3) is 33.8 Å². The van der Waals surface area contributed by atoms with Gasteiger partial charge in [0, 0.05) is 141 Å². The van der Waals surface area contributed by atoms with E-state index in [1.807, 2.05) is 70.6 Å². The molecule has 0 atom stereocenters. The van der Waals surface area contributed by atoms with Gasteiger partial charge in [-0.3, -0.25) is 29.5 Å². The van der Waals surface area contributed by atoms with Crippen LogP contribution in [0.15, 0.2) is 129 Å². The van der Waals surface area contributed by atoms with Gasteiger partial charge in [0.15, 0.2) is 63.6 Å². The van der Waals surface area contributed by atoms with Crippen molar-refractivity contribution < 1.29 is 38.0 Å². The third kappa shape index (κ3) is 21.6. The number of pyridine rings is 5. The van der Waals surface area contributed by atoms with E-state index in [4.69, 9.17) is 61.8 Å². The van der Waals surface area contributed by atoms with Gasteiger partial charge in [-0.05, 0) is 71.1 Å². The third-order valence-electron chi connectivity index (χ3n) is 16.8. The van der Waals surface area contributed by atoms with Crippen molar-refractivity contribution in [1.82, 2.24) is 105 Å². The summed E-state index contributed by atoms with van der Waals surface area (Å²) in [5.41, 5.74) is 39.0. The number of ether oxygens (including phenoxy) is 7. The summed E-state index contributed by atoms with van der Waals surface area (Å²) in [5.74, 6) is 11.9. The molecule has 0 saturated heterocycles. The Morgan fingerprint density at radius 3 is 1.12 bits per heavy atom. The molecule has 0 radical (unpaired) electrons. The van der Waals surface area contributed by atoms with Crippen LogP contribution in [0.2, 0.25) is 0 Å². The van der Waals surface area contributed by atoms with E-state index < -0.39 is 0 Å². The highest BCUT2D eigenvalue weighted by atomic mass is 16.5. The number of hydrogen-bond donors (Lipinski definition) is 6. The Bertz CT molecular complexity index is 5340. The molecule has 0 aromatic carbocycles. The van der Waals surface area contributed by atoms with E-state index in [2.05, 4.69) is 123 Å². The molecule has 586 valence electrons. The number of H-pyrrole nitrogens is 1. The molecule has 13 aromatic rings. The summed E-state index contributed by atoms with van der Waals surface area (Å²) < 4.78 is 42.9. The molecule has 0 amide bonds. The van der Waals surface area contributed by atoms with Crippen LogP contribution in [0.4, 0.5) is 34.8 Å². The normalized spacial score (nSPS) is 11.4. The van der Waals surface area contributed by atoms with Crippen molar-refractivity contribution in [1.29, 1.82) is 0 Å². The highest BCUT2D eigenvalue weighted by Crippen LogP contribution is 2.46. The summed E-state index contributed by atoms with van der Waals surface area (Å²) in [4.78, 5) is 76.3. The van der Waals surface area contributed by atoms with E-state index in [0.717, 1.165) is 63.3 Å². The fourth-order valence-corrected chi connectivity index (χ4v) is 10.6. The molecule has 0 bridgehead atoms. The zero-order valence-corrected chi connectivity index (χ0v) is 65.9. The molecule has 1 fully saturated rings. The van der Waals surface area contributed by atoms with Crippen molar-refractivity contribution in [3.63, 3.8) is 0 Å². The third-order valence-corrected chi connectivity index (χ3v) is 16.8. The number of rotatable bonds is 20. The Morgan fingerprint density at radius 2 is 0.796 bits per heavy atom. The van der Waals surface area contributed by atoms with Crippen LogP contribution >= 0.6 is 0 Å². The standard InChI is InChI=1S/C18H20N6O2.C17H20N6O.C16H18N6O.C14H16N4O2.C13H17N5O2/c1-10(2)14-7-21-15(13-6-22-24(9-13)12(4)25)5-16(14)26-17-8-20-11(3)23-18(17)19;1-10(2)13-7-20-14(12-6-21-23(4)9-12)5-15(13)24-16-8-19-11(3)22-17(16)18;1-9(2)12-7-19-13(11-5-20-21-6-11)4-14(12)23-15-8-18-10(3)22-16(15)17;1-8-16-7-12(14(15)18-8)20-11-5-13(19-2)17-6-10(11)9-3-4-9;1-8-15-7-11(13(14)17-8)20-10-5-12(19-4)16-6-9(10)18(2)3/h5-10H,1-4H3,(H2,19,20,23);5-10H,1-4H3,(H2,18,19,22);4-9H,1-3H3,(H,20,21)(H2,17,18,22);5-7,9H,3-4H2,1-2H3,(H2,15,16,18);5-7H,1-4H3,(H2,14,15,17). The minimum absolute atomic E-state index is 0.170. The molecule has 11 N–H and O–H groups in total. The van der Waals surface area contributed by atoms with E-state index in [1.54, 1.807) is 152 Å². The number of aromatic nitrogens is 21. The first-order chi connectivity index (χ1) is 54.0. The Hall–Kier alpha value is -14.2. The fraction of sp³-hybridized carbons (Fsp3) is 0.295. The maximum Gasteiger partial charge on any atom is 0.243 e. The number of methoxy groups -OCH3 is 2. The van der Waals surface area contributed by atoms with Gasteiger partial charge in [-0.2, -0.15) is 15.3 Å². The molecular weight excluding hydrogens is 1440 g/mol. The van der Waals surface area contributed by atoms with Crippen LogP contribution in [0.5, 0.6) is 69.3 Å². The van der Waals surface area contributed by atoms with Gasteiger partial charge in [-0.25, -0.2) is 64.5 Å². The molecule has 35 nitrogen and oxygen atoms in total. The van der Waals surface area contributed by atoms with Crippen LogP contribution in [0.1, 0.15) is 141 Å². The number of carbonyl (C=O) groups is 1. The smallest absolute Gasteiger partial charge is 0.243 e. The van der Waals surface area contributed by atoms with Gasteiger partial charge >= 0.3 is 0 Å². The molecule has 1 aliphatic rings. The average Bonchev–Trinajstić information content (AvgIpc) is 1.76. The molecule has 1 saturated carbocycles. The number of carbonyl (C=O) groups excluding carboxylic acids is 1. The molecule has 14 rings (SSSR count). The first-order valence-corrected chi connectivity index (χ1v) is 35.7. The highest BCUT2D eigenvalue weighted by molar-refractivity contribution is 5.77. The van der Waals surface area contributed by atoms with Crippen LogP contribution in [0.3, 0.4) is 0 Å². The van der Waals surface area contributed by atoms with Crippen LogP contribution in [-0.2, 0) is 7.05 Å². The fourth-order valence-electron chi connectivity index (χ4n) is 10.6. The molecule has 35 heteroatoms. The van der Waals surface area contributed by atoms with E-state index in [-0.39, 0.29) is 35.3 Å². The number of nitrogens with one attached hydrogen (secondary N) is 1. The lowest BCUT2D eigenvalue weighted by atomic mass is 10.0. The average molecular weight is 1530 g/mol. The zero-order chi connectivity index (χ0) is 81.3. The lowest BCUT2D eigenvalue weighted by Gasteiger charge is -2.18. The van der Waals surface area contributed by atoms with Gasteiger partial charge < -0.3 is 66.7 Å². The number of anilines is 6. The molecular formula is C78H91N27O8. The predicted molar refractivity (Wildman–Crippen MR) is 426 cm³/mol. The number of nitrogens with zero attached hydrogens (tertiary/aromatic N) is 21.